The average Bonchev–Trinajstić information content (AvgIpc) is 2.68. The summed E-state index contributed by atoms with van der Waals surface area (Å²) in [6, 6.07) is 0. The van der Waals surface area contributed by atoms with Crippen molar-refractivity contribution in [1.82, 2.24) is 16.0 Å². The van der Waals surface area contributed by atoms with Crippen LogP contribution < -0.4 is 6.15 Å². The van der Waals surface area contributed by atoms with Crippen LogP contribution in [-0.2, 0) is 0 Å². The van der Waals surface area contributed by atoms with Crippen LogP contribution in [0.1, 0.15) is 58.3 Å². The normalized spacial score (nSPS) is 16.3. The molecule has 4 heteroatoms. The Balaban J connectivity index is 0. The van der Waals surface area contributed by atoms with Gasteiger partial charge in [0.1, 0.15) is 0 Å². The minimum absolute atomic E-state index is 0. The van der Waals surface area contributed by atoms with Gasteiger partial charge in [-0.15, -0.1) is 12.4 Å². The molecule has 1 saturated heterocycles. The molecule has 1 fully saturated rings. The Labute approximate surface area is 120 Å². The van der Waals surface area contributed by atoms with E-state index >= 15 is 0 Å². The van der Waals surface area contributed by atoms with E-state index in [-0.39, 0.29) is 18.6 Å². The van der Waals surface area contributed by atoms with E-state index < -0.39 is 0 Å². The van der Waals surface area contributed by atoms with Crippen molar-refractivity contribution in [3.63, 3.8) is 0 Å². The first-order valence-electron chi connectivity index (χ1n) is 7.24. The second-order valence-electron chi connectivity index (χ2n) is 5.31. The van der Waals surface area contributed by atoms with Crippen molar-refractivity contribution >= 4 is 12.4 Å². The number of rotatable bonds is 9. The molecule has 0 aromatic heterocycles. The van der Waals surface area contributed by atoms with Gasteiger partial charge in [0, 0.05) is 13.1 Å². The van der Waals surface area contributed by atoms with Gasteiger partial charge in [-0.2, -0.15) is 0 Å². The van der Waals surface area contributed by atoms with Crippen molar-refractivity contribution in [3.05, 3.63) is 0 Å². The highest BCUT2D eigenvalue weighted by Gasteiger charge is 2.14. The molecule has 18 heavy (non-hydrogen) atoms. The van der Waals surface area contributed by atoms with Gasteiger partial charge >= 0.3 is 0 Å². The fraction of sp³-hybridized carbons (Fsp3) is 1.00. The largest absolute Gasteiger partial charge is 0.344 e. The van der Waals surface area contributed by atoms with Crippen LogP contribution in [0.5, 0.6) is 0 Å². The van der Waals surface area contributed by atoms with Gasteiger partial charge in [0.25, 0.3) is 0 Å². The molecule has 1 aliphatic rings. The second kappa shape index (κ2) is 13.6. The molecule has 0 atom stereocenters. The fourth-order valence-corrected chi connectivity index (χ4v) is 2.45. The van der Waals surface area contributed by atoms with Crippen LogP contribution in [-0.4, -0.2) is 43.2 Å². The summed E-state index contributed by atoms with van der Waals surface area (Å²) >= 11 is 0. The van der Waals surface area contributed by atoms with Crippen LogP contribution in [0.3, 0.4) is 0 Å². The number of unbranched alkanes of at least 4 members (excludes halogenated alkanes) is 7. The Kier molecular flexibility index (Phi) is 15.5. The van der Waals surface area contributed by atoms with Crippen LogP contribution in [0.4, 0.5) is 0 Å². The van der Waals surface area contributed by atoms with Crippen LogP contribution in [0.15, 0.2) is 0 Å². The van der Waals surface area contributed by atoms with E-state index in [0.29, 0.717) is 0 Å². The predicted molar refractivity (Wildman–Crippen MR) is 84.0 cm³/mol. The third-order valence-corrected chi connectivity index (χ3v) is 3.57. The first-order chi connectivity index (χ1) is 7.83. The summed E-state index contributed by atoms with van der Waals surface area (Å²) in [7, 11) is 2.22. The highest BCUT2D eigenvalue weighted by Crippen LogP contribution is 2.10. The van der Waals surface area contributed by atoms with Gasteiger partial charge in [0.15, 0.2) is 0 Å². The first kappa shape index (κ1) is 20.5. The van der Waals surface area contributed by atoms with Crippen LogP contribution in [0, 0.1) is 0 Å². The topological polar surface area (TPSA) is 41.5 Å². The maximum absolute atomic E-state index is 2.58. The molecule has 0 aromatic rings. The molecule has 3 N–H and O–H groups in total. The van der Waals surface area contributed by atoms with E-state index in [4.69, 9.17) is 0 Å². The Morgan fingerprint density at radius 3 is 1.89 bits per heavy atom. The molecule has 0 amide bonds. The molecule has 1 aliphatic heterocycles. The lowest BCUT2D eigenvalue weighted by Gasteiger charge is -2.14. The van der Waals surface area contributed by atoms with Crippen molar-refractivity contribution in [2.45, 2.75) is 58.3 Å². The molecule has 0 unspecified atom stereocenters. The van der Waals surface area contributed by atoms with Crippen LogP contribution in [0.2, 0.25) is 0 Å². The zero-order chi connectivity index (χ0) is 11.6. The van der Waals surface area contributed by atoms with Crippen molar-refractivity contribution in [3.8, 4) is 0 Å². The van der Waals surface area contributed by atoms with Crippen molar-refractivity contribution in [1.29, 1.82) is 0 Å². The molecule has 0 radical (unpaired) electrons. The Morgan fingerprint density at radius 1 is 0.833 bits per heavy atom. The molecule has 0 saturated carbocycles. The zero-order valence-corrected chi connectivity index (χ0v) is 13.3. The molecule has 112 valence electrons. The molecular weight excluding hydrogens is 246 g/mol. The van der Waals surface area contributed by atoms with Gasteiger partial charge in [0.05, 0.1) is 6.67 Å². The standard InChI is InChI=1S/C14H30N2.ClH.H3N/c1-3-4-5-6-7-8-9-10-11-16-13-12-15(2)14-16;;/h3-14H2,1-2H3;1H;1H3. The van der Waals surface area contributed by atoms with E-state index in [0.717, 1.165) is 0 Å². The SMILES string of the molecule is CCCCCCCCCCN1CCN(C)C1.Cl.N. The first-order valence-corrected chi connectivity index (χ1v) is 7.24. The van der Waals surface area contributed by atoms with E-state index in [1.54, 1.807) is 0 Å². The Bertz CT molecular complexity index is 167. The van der Waals surface area contributed by atoms with Gasteiger partial charge < -0.3 is 6.15 Å². The van der Waals surface area contributed by atoms with Crippen LogP contribution >= 0.6 is 12.4 Å². The van der Waals surface area contributed by atoms with Gasteiger partial charge in [-0.1, -0.05) is 51.9 Å². The molecule has 1 rings (SSSR count). The van der Waals surface area contributed by atoms with Gasteiger partial charge in [-0.05, 0) is 20.0 Å². The number of hydrogen-bond donors (Lipinski definition) is 1. The lowest BCUT2D eigenvalue weighted by molar-refractivity contribution is 0.269. The van der Waals surface area contributed by atoms with E-state index in [1.807, 2.05) is 0 Å². The van der Waals surface area contributed by atoms with E-state index in [9.17, 15) is 0 Å². The molecule has 3 nitrogen and oxygen atoms in total. The smallest absolute Gasteiger partial charge is 0.0504 e. The highest BCUT2D eigenvalue weighted by molar-refractivity contribution is 5.85. The number of nitrogens with zero attached hydrogens (tertiary/aromatic N) is 2. The summed E-state index contributed by atoms with van der Waals surface area (Å²) in [5, 5.41) is 0. The molecule has 0 bridgehead atoms. The number of halogens is 1. The summed E-state index contributed by atoms with van der Waals surface area (Å²) < 4.78 is 0. The van der Waals surface area contributed by atoms with Crippen LogP contribution in [0.25, 0.3) is 0 Å². The highest BCUT2D eigenvalue weighted by atomic mass is 35.5. The predicted octanol–water partition coefficient (Wildman–Crippen LogP) is 3.92. The maximum atomic E-state index is 2.58. The minimum atomic E-state index is 0. The lowest BCUT2D eigenvalue weighted by Crippen LogP contribution is -2.24. The summed E-state index contributed by atoms with van der Waals surface area (Å²) in [5.41, 5.74) is 0. The van der Waals surface area contributed by atoms with Crippen molar-refractivity contribution in [2.75, 3.05) is 33.4 Å². The Hall–Kier alpha value is 0.170. The van der Waals surface area contributed by atoms with Gasteiger partial charge in [0.2, 0.25) is 0 Å². The monoisotopic (exact) mass is 279 g/mol. The summed E-state index contributed by atoms with van der Waals surface area (Å²) in [6.45, 7) is 7.34. The van der Waals surface area contributed by atoms with E-state index in [2.05, 4.69) is 23.8 Å². The van der Waals surface area contributed by atoms with E-state index in [1.165, 1.54) is 77.7 Å². The molecule has 1 heterocycles. The zero-order valence-electron chi connectivity index (χ0n) is 12.5. The van der Waals surface area contributed by atoms with Crippen molar-refractivity contribution < 1.29 is 0 Å². The maximum Gasteiger partial charge on any atom is 0.0504 e. The third-order valence-electron chi connectivity index (χ3n) is 3.57. The van der Waals surface area contributed by atoms with Gasteiger partial charge in [-0.3, -0.25) is 9.80 Å². The molecular formula is C14H34ClN3. The summed E-state index contributed by atoms with van der Waals surface area (Å²) in [6.07, 6.45) is 11.5. The van der Waals surface area contributed by atoms with Gasteiger partial charge in [-0.25, -0.2) is 0 Å². The lowest BCUT2D eigenvalue weighted by atomic mass is 10.1. The quantitative estimate of drug-likeness (QED) is 0.651. The Morgan fingerprint density at radius 2 is 1.39 bits per heavy atom. The number of hydrogen-bond acceptors (Lipinski definition) is 3. The second-order valence-corrected chi connectivity index (χ2v) is 5.31. The third kappa shape index (κ3) is 10.1. The summed E-state index contributed by atoms with van der Waals surface area (Å²) in [4.78, 5) is 4.99. The average molecular weight is 280 g/mol. The molecule has 0 spiro atoms. The minimum Gasteiger partial charge on any atom is -0.344 e. The molecule has 0 aromatic carbocycles. The van der Waals surface area contributed by atoms with Crippen molar-refractivity contribution in [2.24, 2.45) is 0 Å². The number of likely N-dealkylation sites (N-methyl/N-ethyl adjacent to an activating group) is 1. The molecule has 0 aliphatic carbocycles. The summed E-state index contributed by atoms with van der Waals surface area (Å²) in [5.74, 6) is 0. The fourth-order valence-electron chi connectivity index (χ4n) is 2.45.